The van der Waals surface area contributed by atoms with Gasteiger partial charge in [-0.05, 0) is 122 Å². The highest BCUT2D eigenvalue weighted by molar-refractivity contribution is 7.86. The van der Waals surface area contributed by atoms with E-state index in [-0.39, 0.29) is 0 Å². The summed E-state index contributed by atoms with van der Waals surface area (Å²) in [5.74, 6) is 0. The zero-order valence-electron chi connectivity index (χ0n) is 31.7. The topological polar surface area (TPSA) is 118 Å². The molecule has 1 aliphatic rings. The van der Waals surface area contributed by atoms with E-state index in [0.29, 0.717) is 35.6 Å². The summed E-state index contributed by atoms with van der Waals surface area (Å²) < 4.78 is 74.4. The van der Waals surface area contributed by atoms with E-state index in [9.17, 15) is 25.9 Å². The van der Waals surface area contributed by atoms with Gasteiger partial charge in [0.1, 0.15) is 13.1 Å². The van der Waals surface area contributed by atoms with Crippen LogP contribution in [-0.4, -0.2) is 62.4 Å². The molecular weight excluding hydrogens is 719 g/mol. The van der Waals surface area contributed by atoms with Crippen LogP contribution in [0.2, 0.25) is 0 Å². The highest BCUT2D eigenvalue weighted by Gasteiger charge is 2.33. The first-order valence-corrected chi connectivity index (χ1v) is 21.2. The SMILES string of the molecule is CCN(c1ccc(C(=C2C=CC(=[N+](CC)CC)C=C2)c2ccc(N(CC)C(c3ccccc3)S(=O)(=O)O)cc2C)c(C)c1)C(c1ccccc1)S(=O)(=O)O. The quantitative estimate of drug-likeness (QED) is 0.0969. The number of allylic oxidation sites excluding steroid dienone is 5. The summed E-state index contributed by atoms with van der Waals surface area (Å²) in [5, 5.41) is -2.58. The van der Waals surface area contributed by atoms with E-state index in [1.54, 1.807) is 70.5 Å². The molecule has 0 heterocycles. The molecule has 0 bridgehead atoms. The molecule has 0 radical (unpaired) electrons. The van der Waals surface area contributed by atoms with Crippen molar-refractivity contribution in [3.8, 4) is 0 Å². The summed E-state index contributed by atoms with van der Waals surface area (Å²) in [4.78, 5) is 3.36. The van der Waals surface area contributed by atoms with Crippen molar-refractivity contribution in [1.82, 2.24) is 0 Å². The van der Waals surface area contributed by atoms with Gasteiger partial charge in [0, 0.05) is 36.6 Å². The van der Waals surface area contributed by atoms with Gasteiger partial charge >= 0.3 is 0 Å². The van der Waals surface area contributed by atoms with Gasteiger partial charge in [0.15, 0.2) is 16.5 Å². The fourth-order valence-electron chi connectivity index (χ4n) is 7.33. The van der Waals surface area contributed by atoms with Gasteiger partial charge in [0.2, 0.25) is 0 Å². The molecule has 0 aromatic heterocycles. The Kier molecular flexibility index (Phi) is 12.8. The van der Waals surface area contributed by atoms with Gasteiger partial charge in [-0.3, -0.25) is 9.11 Å². The zero-order valence-corrected chi connectivity index (χ0v) is 33.3. The van der Waals surface area contributed by atoms with Gasteiger partial charge in [-0.25, -0.2) is 4.58 Å². The maximum atomic E-state index is 12.8. The van der Waals surface area contributed by atoms with Gasteiger partial charge in [-0.2, -0.15) is 16.8 Å². The van der Waals surface area contributed by atoms with Crippen LogP contribution in [0.25, 0.3) is 5.57 Å². The second-order valence-corrected chi connectivity index (χ2v) is 16.2. The third-order valence-electron chi connectivity index (χ3n) is 9.89. The van der Waals surface area contributed by atoms with Crippen LogP contribution in [0.5, 0.6) is 0 Å². The van der Waals surface area contributed by atoms with Crippen LogP contribution in [0.3, 0.4) is 0 Å². The molecule has 4 aromatic carbocycles. The summed E-state index contributed by atoms with van der Waals surface area (Å²) in [6.07, 6.45) is 8.43. The molecule has 2 atom stereocenters. The van der Waals surface area contributed by atoms with Crippen molar-refractivity contribution in [3.63, 3.8) is 0 Å². The molecule has 0 spiro atoms. The number of rotatable bonds is 14. The van der Waals surface area contributed by atoms with E-state index in [2.05, 4.69) is 42.7 Å². The van der Waals surface area contributed by atoms with Crippen molar-refractivity contribution in [1.29, 1.82) is 0 Å². The van der Waals surface area contributed by atoms with Crippen molar-refractivity contribution in [2.45, 2.75) is 52.3 Å². The van der Waals surface area contributed by atoms with E-state index in [0.717, 1.165) is 52.2 Å². The Morgan fingerprint density at radius 3 is 1.30 bits per heavy atom. The van der Waals surface area contributed by atoms with Gasteiger partial charge in [0.05, 0.1) is 0 Å². The molecule has 0 saturated heterocycles. The molecule has 0 saturated carbocycles. The van der Waals surface area contributed by atoms with Crippen molar-refractivity contribution in [2.75, 3.05) is 36.0 Å². The maximum absolute atomic E-state index is 12.8. The van der Waals surface area contributed by atoms with E-state index in [1.165, 1.54) is 0 Å². The predicted molar refractivity (Wildman–Crippen MR) is 221 cm³/mol. The molecule has 5 rings (SSSR count). The lowest BCUT2D eigenvalue weighted by Crippen LogP contribution is -2.34. The average molecular weight is 769 g/mol. The number of hydrogen-bond acceptors (Lipinski definition) is 6. The number of hydrogen-bond donors (Lipinski definition) is 2. The highest BCUT2D eigenvalue weighted by atomic mass is 32.2. The third-order valence-corrected chi connectivity index (χ3v) is 12.1. The second-order valence-electron chi connectivity index (χ2n) is 13.2. The van der Waals surface area contributed by atoms with Crippen LogP contribution in [0.15, 0.2) is 127 Å². The molecule has 0 amide bonds. The normalized spacial score (nSPS) is 14.1. The number of nitrogens with zero attached hydrogens (tertiary/aromatic N) is 3. The average Bonchev–Trinajstić information content (AvgIpc) is 3.14. The van der Waals surface area contributed by atoms with Crippen LogP contribution in [0.1, 0.15) is 71.8 Å². The highest BCUT2D eigenvalue weighted by Crippen LogP contribution is 2.39. The molecule has 2 N–H and O–H groups in total. The first-order chi connectivity index (χ1) is 25.7. The van der Waals surface area contributed by atoms with Gasteiger partial charge < -0.3 is 9.80 Å². The lowest BCUT2D eigenvalue weighted by atomic mass is 9.86. The summed E-state index contributed by atoms with van der Waals surface area (Å²) in [7, 11) is -9.02. The molecule has 0 aliphatic heterocycles. The first-order valence-electron chi connectivity index (χ1n) is 18.2. The summed E-state index contributed by atoms with van der Waals surface area (Å²) in [6.45, 7) is 14.3. The second kappa shape index (κ2) is 17.1. The van der Waals surface area contributed by atoms with Crippen LogP contribution in [0, 0.1) is 13.8 Å². The largest absolute Gasteiger partial charge is 0.350 e. The van der Waals surface area contributed by atoms with Crippen molar-refractivity contribution in [3.05, 3.63) is 160 Å². The molecule has 2 unspecified atom stereocenters. The minimum Gasteiger partial charge on any atom is -0.350 e. The third kappa shape index (κ3) is 8.76. The predicted octanol–water partition coefficient (Wildman–Crippen LogP) is 8.55. The minimum atomic E-state index is -4.51. The van der Waals surface area contributed by atoms with E-state index in [1.807, 2.05) is 64.1 Å². The van der Waals surface area contributed by atoms with E-state index in [4.69, 9.17) is 0 Å². The summed E-state index contributed by atoms with van der Waals surface area (Å²) in [5.41, 5.74) is 8.88. The van der Waals surface area contributed by atoms with Crippen LogP contribution in [-0.2, 0) is 20.2 Å². The Bertz CT molecular complexity index is 2160. The molecule has 0 fully saturated rings. The van der Waals surface area contributed by atoms with E-state index >= 15 is 0 Å². The fraction of sp³-hybridized carbons (Fsp3) is 0.279. The number of anilines is 2. The van der Waals surface area contributed by atoms with Crippen LogP contribution >= 0.6 is 0 Å². The van der Waals surface area contributed by atoms with Gasteiger partial charge in [-0.15, -0.1) is 0 Å². The Balaban J connectivity index is 1.67. The Labute approximate surface area is 320 Å². The molecular formula is C43H50N3O6S2+. The fourth-order valence-corrected chi connectivity index (χ4v) is 9.51. The van der Waals surface area contributed by atoms with Crippen LogP contribution in [0.4, 0.5) is 11.4 Å². The summed E-state index contributed by atoms with van der Waals surface area (Å²) in [6, 6.07) is 29.0. The zero-order chi connectivity index (χ0) is 39.2. The van der Waals surface area contributed by atoms with Crippen molar-refractivity contribution in [2.24, 2.45) is 0 Å². The molecule has 4 aromatic rings. The lowest BCUT2D eigenvalue weighted by Gasteiger charge is -2.32. The molecule has 9 nitrogen and oxygen atoms in total. The van der Waals surface area contributed by atoms with Crippen molar-refractivity contribution < 1.29 is 30.5 Å². The maximum Gasteiger partial charge on any atom is 0.290 e. The van der Waals surface area contributed by atoms with Gasteiger partial charge in [0.25, 0.3) is 20.2 Å². The number of aryl methyl sites for hydroxylation is 2. The Morgan fingerprint density at radius 2 is 0.981 bits per heavy atom. The standard InChI is InChI=1S/C43H49N3O6S2/c1-7-44(8-2)36-23-21-33(22-24-36)41(39-27-25-37(29-31(39)5)45(9-3)42(53(47,48)49)34-17-13-11-14-18-34)40-28-26-38(30-32(40)6)46(10-4)43(54(50,51)52)35-19-15-12-16-20-35/h11-30,42-43H,7-10H2,1-6H3,(H-,47,48,49,50,51,52)/p+1. The monoisotopic (exact) mass is 768 g/mol. The van der Waals surface area contributed by atoms with Crippen molar-refractivity contribution >= 4 is 42.9 Å². The lowest BCUT2D eigenvalue weighted by molar-refractivity contribution is -0.519. The first kappa shape index (κ1) is 40.4. The Hall–Kier alpha value is -4.81. The molecule has 54 heavy (non-hydrogen) atoms. The molecule has 1 aliphatic carbocycles. The summed E-state index contributed by atoms with van der Waals surface area (Å²) >= 11 is 0. The Morgan fingerprint density at radius 1 is 0.593 bits per heavy atom. The molecule has 11 heteroatoms. The molecule has 284 valence electrons. The minimum absolute atomic E-state index is 0.323. The van der Waals surface area contributed by atoms with Crippen LogP contribution < -0.4 is 9.80 Å². The van der Waals surface area contributed by atoms with Gasteiger partial charge in [-0.1, -0.05) is 72.8 Å². The number of benzene rings is 4. The van der Waals surface area contributed by atoms with E-state index < -0.39 is 31.0 Å². The smallest absolute Gasteiger partial charge is 0.290 e.